The summed E-state index contributed by atoms with van der Waals surface area (Å²) < 4.78 is 1.99. The third-order valence-corrected chi connectivity index (χ3v) is 5.68. The highest BCUT2D eigenvalue weighted by atomic mass is 32.2. The molecular formula is C19H25N3O2S. The molecule has 5 nitrogen and oxygen atoms in total. The predicted octanol–water partition coefficient (Wildman–Crippen LogP) is 2.77. The first kappa shape index (κ1) is 18.0. The van der Waals surface area contributed by atoms with Crippen LogP contribution in [-0.4, -0.2) is 44.3 Å². The lowest BCUT2D eigenvalue weighted by molar-refractivity contribution is -0.129. The van der Waals surface area contributed by atoms with E-state index < -0.39 is 0 Å². The number of hydrogen-bond donors (Lipinski definition) is 1. The van der Waals surface area contributed by atoms with Crippen molar-refractivity contribution in [3.8, 4) is 0 Å². The van der Waals surface area contributed by atoms with Gasteiger partial charge in [-0.1, -0.05) is 49.0 Å². The molecule has 6 heteroatoms. The van der Waals surface area contributed by atoms with E-state index in [1.807, 2.05) is 27.7 Å². The predicted molar refractivity (Wildman–Crippen MR) is 99.4 cm³/mol. The molecule has 0 unspecified atom stereocenters. The van der Waals surface area contributed by atoms with E-state index >= 15 is 0 Å². The number of hydrogen-bond acceptors (Lipinski definition) is 4. The van der Waals surface area contributed by atoms with Gasteiger partial charge in [0.1, 0.15) is 0 Å². The highest BCUT2D eigenvalue weighted by Gasteiger charge is 2.21. The summed E-state index contributed by atoms with van der Waals surface area (Å²) in [6.45, 7) is 4.56. The van der Waals surface area contributed by atoms with Crippen LogP contribution in [-0.2, 0) is 17.9 Å². The highest BCUT2D eigenvalue weighted by Crippen LogP contribution is 2.22. The zero-order valence-corrected chi connectivity index (χ0v) is 15.4. The number of benzene rings is 1. The quantitative estimate of drug-likeness (QED) is 0.806. The van der Waals surface area contributed by atoms with Gasteiger partial charge in [-0.3, -0.25) is 4.79 Å². The summed E-state index contributed by atoms with van der Waals surface area (Å²) in [7, 11) is 0. The number of rotatable bonds is 6. The molecule has 1 saturated heterocycles. The molecule has 1 aliphatic heterocycles. The van der Waals surface area contributed by atoms with Gasteiger partial charge in [-0.05, 0) is 24.3 Å². The number of imidazole rings is 1. The maximum absolute atomic E-state index is 12.4. The third-order valence-electron chi connectivity index (χ3n) is 4.71. The van der Waals surface area contributed by atoms with Crippen molar-refractivity contribution in [1.29, 1.82) is 0 Å². The summed E-state index contributed by atoms with van der Waals surface area (Å²) >= 11 is 1.45. The van der Waals surface area contributed by atoms with Crippen LogP contribution in [0.25, 0.3) is 0 Å². The van der Waals surface area contributed by atoms with Crippen LogP contribution in [0.1, 0.15) is 31.0 Å². The van der Waals surface area contributed by atoms with Crippen molar-refractivity contribution in [3.63, 3.8) is 0 Å². The molecular weight excluding hydrogens is 334 g/mol. The molecule has 25 heavy (non-hydrogen) atoms. The summed E-state index contributed by atoms with van der Waals surface area (Å²) in [5.41, 5.74) is 1.92. The Balaban J connectivity index is 1.64. The lowest BCUT2D eigenvalue weighted by atomic mass is 9.99. The van der Waals surface area contributed by atoms with Crippen molar-refractivity contribution in [3.05, 3.63) is 47.8 Å². The molecule has 2 aromatic rings. The van der Waals surface area contributed by atoms with Gasteiger partial charge >= 0.3 is 0 Å². The minimum absolute atomic E-state index is 0.0572. The van der Waals surface area contributed by atoms with Crippen LogP contribution in [0.2, 0.25) is 0 Å². The van der Waals surface area contributed by atoms with Crippen LogP contribution in [0.3, 0.4) is 0 Å². The monoisotopic (exact) mass is 359 g/mol. The Hall–Kier alpha value is -1.79. The minimum Gasteiger partial charge on any atom is -0.390 e. The molecule has 0 bridgehead atoms. The van der Waals surface area contributed by atoms with Gasteiger partial charge in [0, 0.05) is 19.6 Å². The van der Waals surface area contributed by atoms with E-state index in [9.17, 15) is 9.90 Å². The van der Waals surface area contributed by atoms with E-state index in [1.165, 1.54) is 11.8 Å². The van der Waals surface area contributed by atoms with Crippen LogP contribution >= 0.6 is 11.8 Å². The van der Waals surface area contributed by atoms with Crippen molar-refractivity contribution in [2.24, 2.45) is 5.92 Å². The fourth-order valence-corrected chi connectivity index (χ4v) is 3.94. The molecule has 1 aromatic heterocycles. The van der Waals surface area contributed by atoms with Crippen molar-refractivity contribution in [2.75, 3.05) is 18.8 Å². The van der Waals surface area contributed by atoms with Gasteiger partial charge in [-0.25, -0.2) is 4.98 Å². The molecule has 0 atom stereocenters. The first-order valence-corrected chi connectivity index (χ1v) is 9.75. The molecule has 1 amide bonds. The Morgan fingerprint density at radius 2 is 2.00 bits per heavy atom. The smallest absolute Gasteiger partial charge is 0.233 e. The fraction of sp³-hybridized carbons (Fsp3) is 0.474. The lowest BCUT2D eigenvalue weighted by Crippen LogP contribution is -2.38. The van der Waals surface area contributed by atoms with Gasteiger partial charge in [0.15, 0.2) is 5.16 Å². The Labute approximate surface area is 153 Å². The van der Waals surface area contributed by atoms with E-state index in [2.05, 4.69) is 24.0 Å². The molecule has 2 heterocycles. The number of thioether (sulfide) groups is 1. The van der Waals surface area contributed by atoms with Crippen molar-refractivity contribution < 1.29 is 9.90 Å². The van der Waals surface area contributed by atoms with E-state index in [4.69, 9.17) is 0 Å². The first-order valence-electron chi connectivity index (χ1n) is 8.77. The summed E-state index contributed by atoms with van der Waals surface area (Å²) in [6.07, 6.45) is 3.87. The number of carbonyl (C=O) groups is 1. The van der Waals surface area contributed by atoms with Crippen molar-refractivity contribution in [2.45, 2.75) is 38.1 Å². The SMILES string of the molecule is CC1CCN(C(=O)CSc2ncc(CO)n2Cc2ccccc2)CC1. The van der Waals surface area contributed by atoms with Gasteiger partial charge in [-0.15, -0.1) is 0 Å². The molecule has 0 radical (unpaired) electrons. The second-order valence-corrected chi connectivity index (χ2v) is 7.56. The fourth-order valence-electron chi connectivity index (χ4n) is 3.04. The largest absolute Gasteiger partial charge is 0.390 e. The molecule has 1 N–H and O–H groups in total. The van der Waals surface area contributed by atoms with E-state index in [1.54, 1.807) is 6.20 Å². The first-order chi connectivity index (χ1) is 12.2. The number of amides is 1. The minimum atomic E-state index is -0.0572. The summed E-state index contributed by atoms with van der Waals surface area (Å²) in [6, 6.07) is 10.1. The van der Waals surface area contributed by atoms with Crippen LogP contribution in [0, 0.1) is 5.92 Å². The number of aromatic nitrogens is 2. The Morgan fingerprint density at radius 3 is 2.68 bits per heavy atom. The molecule has 0 spiro atoms. The Kier molecular flexibility index (Phi) is 6.15. The molecule has 1 aromatic carbocycles. The zero-order valence-electron chi connectivity index (χ0n) is 14.6. The lowest BCUT2D eigenvalue weighted by Gasteiger charge is -2.30. The van der Waals surface area contributed by atoms with Gasteiger partial charge in [0.25, 0.3) is 0 Å². The third kappa shape index (κ3) is 4.64. The molecule has 134 valence electrons. The molecule has 1 aliphatic rings. The van der Waals surface area contributed by atoms with Crippen molar-refractivity contribution in [1.82, 2.24) is 14.5 Å². The van der Waals surface area contributed by atoms with E-state index in [0.29, 0.717) is 18.2 Å². The number of likely N-dealkylation sites (tertiary alicyclic amines) is 1. The number of nitrogens with zero attached hydrogens (tertiary/aromatic N) is 3. The van der Waals surface area contributed by atoms with Gasteiger partial charge < -0.3 is 14.6 Å². The van der Waals surface area contributed by atoms with Crippen molar-refractivity contribution >= 4 is 17.7 Å². The number of piperidine rings is 1. The van der Waals surface area contributed by atoms with Gasteiger partial charge in [0.05, 0.1) is 24.3 Å². The van der Waals surface area contributed by atoms with Gasteiger partial charge in [-0.2, -0.15) is 0 Å². The number of aliphatic hydroxyl groups excluding tert-OH is 1. The topological polar surface area (TPSA) is 58.4 Å². The maximum Gasteiger partial charge on any atom is 0.233 e. The average Bonchev–Trinajstić information content (AvgIpc) is 3.03. The molecule has 3 rings (SSSR count). The van der Waals surface area contributed by atoms with Crippen LogP contribution in [0.15, 0.2) is 41.7 Å². The Bertz CT molecular complexity index is 694. The molecule has 1 fully saturated rings. The van der Waals surface area contributed by atoms with Crippen LogP contribution < -0.4 is 0 Å². The van der Waals surface area contributed by atoms with E-state index in [0.717, 1.165) is 42.3 Å². The maximum atomic E-state index is 12.4. The van der Waals surface area contributed by atoms with E-state index in [-0.39, 0.29) is 12.5 Å². The number of carbonyl (C=O) groups excluding carboxylic acids is 1. The Morgan fingerprint density at radius 1 is 1.28 bits per heavy atom. The summed E-state index contributed by atoms with van der Waals surface area (Å²) in [4.78, 5) is 18.8. The van der Waals surface area contributed by atoms with Gasteiger partial charge in [0.2, 0.25) is 5.91 Å². The summed E-state index contributed by atoms with van der Waals surface area (Å²) in [5, 5.41) is 10.4. The normalized spacial score (nSPS) is 15.5. The molecule has 0 aliphatic carbocycles. The zero-order chi connectivity index (χ0) is 17.6. The second-order valence-electron chi connectivity index (χ2n) is 6.61. The van der Waals surface area contributed by atoms with Crippen LogP contribution in [0.5, 0.6) is 0 Å². The second kappa shape index (κ2) is 8.54. The standard InChI is InChI=1S/C19H25N3O2S/c1-15-7-9-21(10-8-15)18(24)14-25-19-20-11-17(13-23)22(19)12-16-5-3-2-4-6-16/h2-6,11,15,23H,7-10,12-14H2,1H3. The molecule has 0 saturated carbocycles. The summed E-state index contributed by atoms with van der Waals surface area (Å²) in [5.74, 6) is 1.29. The average molecular weight is 359 g/mol. The van der Waals surface area contributed by atoms with Crippen LogP contribution in [0.4, 0.5) is 0 Å². The number of aliphatic hydroxyl groups is 1. The highest BCUT2D eigenvalue weighted by molar-refractivity contribution is 7.99.